The Morgan fingerprint density at radius 2 is 1.85 bits per heavy atom. The summed E-state index contributed by atoms with van der Waals surface area (Å²) in [5.41, 5.74) is 5.41. The lowest BCUT2D eigenvalue weighted by Crippen LogP contribution is -2.31. The SMILES string of the molecule is Cc1c(C#C[Si](C)(C)C)cc(C(=O)O)cc1CNCC(=O)OC(C)(C)C. The van der Waals surface area contributed by atoms with E-state index in [-0.39, 0.29) is 18.1 Å². The molecule has 142 valence electrons. The standard InChI is InChI=1S/C20H29NO4Si/c1-14-15(8-9-26(5,6)7)10-16(19(23)24)11-17(14)12-21-13-18(22)25-20(2,3)4/h10-11,21H,12-13H2,1-7H3,(H,23,24). The van der Waals surface area contributed by atoms with Crippen LogP contribution >= 0.6 is 0 Å². The molecule has 0 aliphatic rings. The average molecular weight is 376 g/mol. The van der Waals surface area contributed by atoms with Gasteiger partial charge >= 0.3 is 11.9 Å². The number of esters is 1. The van der Waals surface area contributed by atoms with E-state index in [0.717, 1.165) is 16.7 Å². The van der Waals surface area contributed by atoms with Crippen molar-refractivity contribution in [3.8, 4) is 11.5 Å². The molecule has 0 aliphatic carbocycles. The van der Waals surface area contributed by atoms with Gasteiger partial charge in [0.05, 0.1) is 12.1 Å². The van der Waals surface area contributed by atoms with Gasteiger partial charge in [-0.2, -0.15) is 0 Å². The van der Waals surface area contributed by atoms with Gasteiger partial charge in [0, 0.05) is 12.1 Å². The number of nitrogens with one attached hydrogen (secondary N) is 1. The molecule has 2 N–H and O–H groups in total. The van der Waals surface area contributed by atoms with Crippen molar-refractivity contribution in [1.29, 1.82) is 0 Å². The van der Waals surface area contributed by atoms with Gasteiger partial charge in [-0.15, -0.1) is 5.54 Å². The van der Waals surface area contributed by atoms with E-state index >= 15 is 0 Å². The van der Waals surface area contributed by atoms with E-state index in [1.165, 1.54) is 0 Å². The van der Waals surface area contributed by atoms with Crippen LogP contribution in [0.4, 0.5) is 0 Å². The highest BCUT2D eigenvalue weighted by Crippen LogP contribution is 2.17. The normalized spacial score (nSPS) is 11.5. The minimum absolute atomic E-state index is 0.0595. The Kier molecular flexibility index (Phi) is 7.19. The molecular formula is C20H29NO4Si. The molecule has 0 fully saturated rings. The Balaban J connectivity index is 3.00. The van der Waals surface area contributed by atoms with Crippen LogP contribution in [-0.4, -0.2) is 37.3 Å². The molecule has 1 aromatic rings. The molecule has 0 spiro atoms. The first-order valence-electron chi connectivity index (χ1n) is 8.61. The summed E-state index contributed by atoms with van der Waals surface area (Å²) in [5.74, 6) is 1.81. The Hall–Kier alpha value is -2.10. The molecule has 1 rings (SSSR count). The fourth-order valence-corrected chi connectivity index (χ4v) is 2.65. The molecule has 0 radical (unpaired) electrons. The molecule has 1 aromatic carbocycles. The van der Waals surface area contributed by atoms with Crippen LogP contribution in [0.3, 0.4) is 0 Å². The number of hydrogen-bond acceptors (Lipinski definition) is 4. The number of carbonyl (C=O) groups is 2. The Bertz CT molecular complexity index is 746. The third-order valence-corrected chi connectivity index (χ3v) is 4.21. The number of aromatic carboxylic acids is 1. The lowest BCUT2D eigenvalue weighted by molar-refractivity contribution is -0.153. The molecule has 0 heterocycles. The minimum Gasteiger partial charge on any atom is -0.478 e. The van der Waals surface area contributed by atoms with Gasteiger partial charge < -0.3 is 15.2 Å². The first kappa shape index (κ1) is 21.9. The van der Waals surface area contributed by atoms with Gasteiger partial charge in [0.15, 0.2) is 0 Å². The number of hydrogen-bond donors (Lipinski definition) is 2. The van der Waals surface area contributed by atoms with Crippen LogP contribution < -0.4 is 5.32 Å². The molecule has 0 unspecified atom stereocenters. The zero-order valence-electron chi connectivity index (χ0n) is 16.7. The van der Waals surface area contributed by atoms with E-state index in [9.17, 15) is 14.7 Å². The summed E-state index contributed by atoms with van der Waals surface area (Å²) in [5, 5.41) is 12.4. The molecule has 0 amide bonds. The van der Waals surface area contributed by atoms with Gasteiger partial charge in [-0.3, -0.25) is 4.79 Å². The lowest BCUT2D eigenvalue weighted by atomic mass is 9.99. The molecule has 5 nitrogen and oxygen atoms in total. The van der Waals surface area contributed by atoms with Crippen molar-refractivity contribution in [2.45, 2.75) is 59.5 Å². The molecule has 0 saturated carbocycles. The maximum atomic E-state index is 11.8. The summed E-state index contributed by atoms with van der Waals surface area (Å²) < 4.78 is 5.25. The molecule has 0 bridgehead atoms. The Morgan fingerprint density at radius 3 is 2.35 bits per heavy atom. The number of rotatable bonds is 5. The van der Waals surface area contributed by atoms with Crippen LogP contribution in [-0.2, 0) is 16.1 Å². The van der Waals surface area contributed by atoms with E-state index in [0.29, 0.717) is 6.54 Å². The molecule has 26 heavy (non-hydrogen) atoms. The third kappa shape index (κ3) is 7.85. The largest absolute Gasteiger partial charge is 0.478 e. The van der Waals surface area contributed by atoms with Crippen LogP contribution in [0.2, 0.25) is 19.6 Å². The van der Waals surface area contributed by atoms with Crippen molar-refractivity contribution < 1.29 is 19.4 Å². The van der Waals surface area contributed by atoms with Crippen molar-refractivity contribution in [1.82, 2.24) is 5.32 Å². The van der Waals surface area contributed by atoms with Crippen LogP contribution in [0.5, 0.6) is 0 Å². The summed E-state index contributed by atoms with van der Waals surface area (Å²) in [6, 6.07) is 3.24. The fourth-order valence-electron chi connectivity index (χ4n) is 2.14. The number of carboxylic acid groups (broad SMARTS) is 1. The molecule has 0 aromatic heterocycles. The second-order valence-corrected chi connectivity index (χ2v) is 13.1. The smallest absolute Gasteiger partial charge is 0.335 e. The average Bonchev–Trinajstić information content (AvgIpc) is 2.44. The summed E-state index contributed by atoms with van der Waals surface area (Å²) in [4.78, 5) is 23.2. The van der Waals surface area contributed by atoms with Gasteiger partial charge in [-0.1, -0.05) is 25.6 Å². The predicted octanol–water partition coefficient (Wildman–Crippen LogP) is 3.35. The zero-order valence-corrected chi connectivity index (χ0v) is 17.7. The number of ether oxygens (including phenoxy) is 1. The van der Waals surface area contributed by atoms with E-state index in [2.05, 4.69) is 36.4 Å². The van der Waals surface area contributed by atoms with Crippen molar-refractivity contribution in [2.24, 2.45) is 0 Å². The maximum absolute atomic E-state index is 11.8. The van der Waals surface area contributed by atoms with E-state index in [1.807, 2.05) is 27.7 Å². The van der Waals surface area contributed by atoms with Crippen LogP contribution in [0.25, 0.3) is 0 Å². The third-order valence-electron chi connectivity index (χ3n) is 3.34. The van der Waals surface area contributed by atoms with Crippen LogP contribution in [0.1, 0.15) is 47.8 Å². The van der Waals surface area contributed by atoms with Gasteiger partial charge in [-0.25, -0.2) is 4.79 Å². The summed E-state index contributed by atoms with van der Waals surface area (Å²) in [6.45, 7) is 14.2. The number of carbonyl (C=O) groups excluding carboxylic acids is 1. The highest BCUT2D eigenvalue weighted by molar-refractivity contribution is 6.83. The zero-order chi connectivity index (χ0) is 20.1. The number of carboxylic acids is 1. The highest BCUT2D eigenvalue weighted by atomic mass is 28.3. The monoisotopic (exact) mass is 375 g/mol. The minimum atomic E-state index is -1.57. The summed E-state index contributed by atoms with van der Waals surface area (Å²) in [7, 11) is -1.57. The maximum Gasteiger partial charge on any atom is 0.335 e. The lowest BCUT2D eigenvalue weighted by Gasteiger charge is -2.19. The molecule has 0 atom stereocenters. The molecule has 0 aliphatic heterocycles. The van der Waals surface area contributed by atoms with E-state index in [1.54, 1.807) is 12.1 Å². The van der Waals surface area contributed by atoms with Gasteiger partial charge in [-0.05, 0) is 51.0 Å². The van der Waals surface area contributed by atoms with Gasteiger partial charge in [0.25, 0.3) is 0 Å². The Labute approximate surface area is 157 Å². The second kappa shape index (κ2) is 8.52. The molecule has 6 heteroatoms. The quantitative estimate of drug-likeness (QED) is 0.469. The number of benzene rings is 1. The Morgan fingerprint density at radius 1 is 1.23 bits per heavy atom. The van der Waals surface area contributed by atoms with Crippen molar-refractivity contribution in [2.75, 3.05) is 6.54 Å². The van der Waals surface area contributed by atoms with Crippen LogP contribution in [0.15, 0.2) is 12.1 Å². The van der Waals surface area contributed by atoms with Crippen molar-refractivity contribution in [3.63, 3.8) is 0 Å². The molecular weight excluding hydrogens is 346 g/mol. The van der Waals surface area contributed by atoms with Crippen LogP contribution in [0, 0.1) is 18.4 Å². The first-order valence-corrected chi connectivity index (χ1v) is 12.1. The predicted molar refractivity (Wildman–Crippen MR) is 106 cm³/mol. The first-order chi connectivity index (χ1) is 11.8. The molecule has 0 saturated heterocycles. The summed E-state index contributed by atoms with van der Waals surface area (Å²) >= 11 is 0. The van der Waals surface area contributed by atoms with Gasteiger partial charge in [0.1, 0.15) is 13.7 Å². The van der Waals surface area contributed by atoms with Crippen molar-refractivity contribution >= 4 is 20.0 Å². The summed E-state index contributed by atoms with van der Waals surface area (Å²) in [6.07, 6.45) is 0. The highest BCUT2D eigenvalue weighted by Gasteiger charge is 2.16. The van der Waals surface area contributed by atoms with E-state index in [4.69, 9.17) is 4.74 Å². The topological polar surface area (TPSA) is 75.6 Å². The fraction of sp³-hybridized carbons (Fsp3) is 0.500. The van der Waals surface area contributed by atoms with E-state index < -0.39 is 19.6 Å². The van der Waals surface area contributed by atoms with Gasteiger partial charge in [0.2, 0.25) is 0 Å². The van der Waals surface area contributed by atoms with Crippen molar-refractivity contribution in [3.05, 3.63) is 34.4 Å². The second-order valence-electron chi connectivity index (χ2n) is 8.30.